The second-order valence-electron chi connectivity index (χ2n) is 4.86. The lowest BCUT2D eigenvalue weighted by Crippen LogP contribution is -2.24. The van der Waals surface area contributed by atoms with E-state index in [0.717, 1.165) is 10.9 Å². The molecule has 0 aliphatic carbocycles. The van der Waals surface area contributed by atoms with Gasteiger partial charge in [-0.2, -0.15) is 5.10 Å². The van der Waals surface area contributed by atoms with E-state index in [1.54, 1.807) is 30.3 Å². The molecule has 1 amide bonds. The minimum atomic E-state index is -0.461. The number of nitrogens with two attached hydrogens (primary N) is 1. The number of halogens is 3. The zero-order valence-corrected chi connectivity index (χ0v) is 13.8. The van der Waals surface area contributed by atoms with Gasteiger partial charge < -0.3 is 10.7 Å². The van der Waals surface area contributed by atoms with Crippen LogP contribution in [0.3, 0.4) is 0 Å². The van der Waals surface area contributed by atoms with Crippen LogP contribution in [0.25, 0.3) is 10.9 Å². The molecule has 0 atom stereocenters. The number of nitrogens with zero attached hydrogens (tertiary/aromatic N) is 1. The molecule has 4 N–H and O–H groups in total. The SMILES string of the molecule is Cl.NC(=NNC(=O)c1cc2cc(Cl)ccc2[nH]1)c1cccc(F)c1. The lowest BCUT2D eigenvalue weighted by atomic mass is 10.2. The number of nitrogens with one attached hydrogen (secondary N) is 2. The number of fused-ring (bicyclic) bond motifs is 1. The molecule has 0 unspecified atom stereocenters. The summed E-state index contributed by atoms with van der Waals surface area (Å²) in [6.45, 7) is 0. The van der Waals surface area contributed by atoms with Crippen LogP contribution >= 0.6 is 24.0 Å². The van der Waals surface area contributed by atoms with Crippen LogP contribution in [0.2, 0.25) is 5.02 Å². The third kappa shape index (κ3) is 3.84. The van der Waals surface area contributed by atoms with Crippen molar-refractivity contribution in [3.8, 4) is 0 Å². The number of carbonyl (C=O) groups is 1. The summed E-state index contributed by atoms with van der Waals surface area (Å²) in [6.07, 6.45) is 0. The summed E-state index contributed by atoms with van der Waals surface area (Å²) in [7, 11) is 0. The fourth-order valence-electron chi connectivity index (χ4n) is 2.11. The standard InChI is InChI=1S/C16H12ClFN4O.ClH/c17-11-4-5-13-10(6-11)8-14(20-13)16(23)22-21-15(19)9-2-1-3-12(18)7-9;/h1-8,20H,(H2,19,21)(H,22,23);1H. The first kappa shape index (κ1) is 17.8. The Morgan fingerprint density at radius 3 is 2.75 bits per heavy atom. The normalized spacial score (nSPS) is 11.2. The minimum Gasteiger partial charge on any atom is -0.382 e. The number of aromatic nitrogens is 1. The molecule has 5 nitrogen and oxygen atoms in total. The van der Waals surface area contributed by atoms with Crippen molar-refractivity contribution in [3.05, 3.63) is 70.6 Å². The largest absolute Gasteiger partial charge is 0.382 e. The van der Waals surface area contributed by atoms with Crippen LogP contribution in [0.1, 0.15) is 16.1 Å². The average Bonchev–Trinajstić information content (AvgIpc) is 2.95. The molecule has 0 aliphatic rings. The number of amidine groups is 1. The van der Waals surface area contributed by atoms with Crippen LogP contribution in [-0.4, -0.2) is 16.7 Å². The Balaban J connectivity index is 0.00000208. The number of hydrogen-bond donors (Lipinski definition) is 3. The highest BCUT2D eigenvalue weighted by Crippen LogP contribution is 2.20. The fraction of sp³-hybridized carbons (Fsp3) is 0. The first-order valence-electron chi connectivity index (χ1n) is 6.70. The van der Waals surface area contributed by atoms with Crippen LogP contribution in [0.5, 0.6) is 0 Å². The molecule has 0 aliphatic heterocycles. The average molecular weight is 367 g/mol. The molecule has 1 aromatic heterocycles. The fourth-order valence-corrected chi connectivity index (χ4v) is 2.29. The van der Waals surface area contributed by atoms with Gasteiger partial charge in [-0.3, -0.25) is 4.79 Å². The van der Waals surface area contributed by atoms with E-state index >= 15 is 0 Å². The van der Waals surface area contributed by atoms with Crippen molar-refractivity contribution < 1.29 is 9.18 Å². The maximum Gasteiger partial charge on any atom is 0.287 e. The lowest BCUT2D eigenvalue weighted by Gasteiger charge is -2.01. The van der Waals surface area contributed by atoms with E-state index in [-0.39, 0.29) is 18.2 Å². The van der Waals surface area contributed by atoms with E-state index in [1.165, 1.54) is 18.2 Å². The molecule has 3 aromatic rings. The van der Waals surface area contributed by atoms with E-state index in [4.69, 9.17) is 17.3 Å². The van der Waals surface area contributed by atoms with Crippen molar-refractivity contribution in [2.75, 3.05) is 0 Å². The van der Waals surface area contributed by atoms with Gasteiger partial charge in [-0.25, -0.2) is 9.82 Å². The van der Waals surface area contributed by atoms with Gasteiger partial charge in [-0.15, -0.1) is 12.4 Å². The van der Waals surface area contributed by atoms with Crippen molar-refractivity contribution in [2.24, 2.45) is 10.8 Å². The summed E-state index contributed by atoms with van der Waals surface area (Å²) in [5.41, 5.74) is 9.54. The molecule has 8 heteroatoms. The third-order valence-corrected chi connectivity index (χ3v) is 3.46. The Morgan fingerprint density at radius 2 is 2.00 bits per heavy atom. The van der Waals surface area contributed by atoms with Crippen LogP contribution in [0, 0.1) is 5.82 Å². The quantitative estimate of drug-likeness (QED) is 0.377. The first-order valence-corrected chi connectivity index (χ1v) is 7.08. The molecule has 0 radical (unpaired) electrons. The molecule has 0 saturated heterocycles. The summed E-state index contributed by atoms with van der Waals surface area (Å²) in [5.74, 6) is -0.881. The number of hydrazone groups is 1. The molecule has 1 heterocycles. The number of amides is 1. The van der Waals surface area contributed by atoms with Crippen molar-refractivity contribution in [3.63, 3.8) is 0 Å². The Hall–Kier alpha value is -2.57. The van der Waals surface area contributed by atoms with E-state index in [9.17, 15) is 9.18 Å². The summed E-state index contributed by atoms with van der Waals surface area (Å²) in [4.78, 5) is 15.0. The molecule has 3 rings (SSSR count). The zero-order valence-electron chi connectivity index (χ0n) is 12.2. The van der Waals surface area contributed by atoms with Gasteiger partial charge >= 0.3 is 0 Å². The number of rotatable bonds is 3. The van der Waals surface area contributed by atoms with Gasteiger partial charge in [-0.05, 0) is 36.4 Å². The number of H-pyrrole nitrogens is 1. The van der Waals surface area contributed by atoms with Crippen molar-refractivity contribution in [1.29, 1.82) is 0 Å². The molecule has 0 bridgehead atoms. The number of carbonyl (C=O) groups excluding carboxylic acids is 1. The van der Waals surface area contributed by atoms with Crippen LogP contribution in [0.15, 0.2) is 53.6 Å². The van der Waals surface area contributed by atoms with Crippen LogP contribution in [0.4, 0.5) is 4.39 Å². The second-order valence-corrected chi connectivity index (χ2v) is 5.30. The lowest BCUT2D eigenvalue weighted by molar-refractivity contribution is 0.0950. The smallest absolute Gasteiger partial charge is 0.287 e. The molecule has 124 valence electrons. The molecule has 0 fully saturated rings. The van der Waals surface area contributed by atoms with Gasteiger partial charge in [-0.1, -0.05) is 23.7 Å². The second kappa shape index (κ2) is 7.33. The maximum atomic E-state index is 13.1. The van der Waals surface area contributed by atoms with Crippen LogP contribution in [-0.2, 0) is 0 Å². The summed E-state index contributed by atoms with van der Waals surface area (Å²) in [6, 6.07) is 12.5. The molecule has 24 heavy (non-hydrogen) atoms. The Labute approximate surface area is 148 Å². The molecule has 0 spiro atoms. The summed E-state index contributed by atoms with van der Waals surface area (Å²) < 4.78 is 13.1. The van der Waals surface area contributed by atoms with Crippen molar-refractivity contribution in [1.82, 2.24) is 10.4 Å². The van der Waals surface area contributed by atoms with E-state index in [0.29, 0.717) is 16.3 Å². The van der Waals surface area contributed by atoms with Gasteiger partial charge in [0.05, 0.1) is 0 Å². The Kier molecular flexibility index (Phi) is 5.43. The van der Waals surface area contributed by atoms with Gasteiger partial charge in [0.25, 0.3) is 5.91 Å². The topological polar surface area (TPSA) is 83.3 Å². The first-order chi connectivity index (χ1) is 11.0. The van der Waals surface area contributed by atoms with Gasteiger partial charge in [0, 0.05) is 21.5 Å². The highest BCUT2D eigenvalue weighted by atomic mass is 35.5. The van der Waals surface area contributed by atoms with E-state index in [2.05, 4.69) is 15.5 Å². The molecular formula is C16H13Cl2FN4O. The van der Waals surface area contributed by atoms with E-state index < -0.39 is 11.7 Å². The van der Waals surface area contributed by atoms with E-state index in [1.807, 2.05) is 0 Å². The highest BCUT2D eigenvalue weighted by molar-refractivity contribution is 6.31. The summed E-state index contributed by atoms with van der Waals surface area (Å²) >= 11 is 5.91. The number of hydrogen-bond acceptors (Lipinski definition) is 2. The Morgan fingerprint density at radius 1 is 1.21 bits per heavy atom. The van der Waals surface area contributed by atoms with Crippen LogP contribution < -0.4 is 11.2 Å². The predicted molar refractivity (Wildman–Crippen MR) is 95.1 cm³/mol. The molecule has 2 aromatic carbocycles. The highest BCUT2D eigenvalue weighted by Gasteiger charge is 2.09. The minimum absolute atomic E-state index is 0. The molecular weight excluding hydrogens is 354 g/mol. The molecule has 0 saturated carbocycles. The van der Waals surface area contributed by atoms with Gasteiger partial charge in [0.1, 0.15) is 11.5 Å². The van der Waals surface area contributed by atoms with Gasteiger partial charge in [0.15, 0.2) is 5.84 Å². The maximum absolute atomic E-state index is 13.1. The predicted octanol–water partition coefficient (Wildman–Crippen LogP) is 3.43. The monoisotopic (exact) mass is 366 g/mol. The van der Waals surface area contributed by atoms with Gasteiger partial charge in [0.2, 0.25) is 0 Å². The Bertz CT molecular complexity index is 923. The van der Waals surface area contributed by atoms with Crippen molar-refractivity contribution >= 4 is 46.7 Å². The number of benzene rings is 2. The summed E-state index contributed by atoms with van der Waals surface area (Å²) in [5, 5.41) is 5.17. The van der Waals surface area contributed by atoms with Crippen molar-refractivity contribution in [2.45, 2.75) is 0 Å². The number of aromatic amines is 1. The third-order valence-electron chi connectivity index (χ3n) is 3.23. The zero-order chi connectivity index (χ0) is 16.4.